The number of nitrogens with zero attached hydrogens (tertiary/aromatic N) is 3. The Balaban J connectivity index is 1.92. The maximum absolute atomic E-state index is 4.33. The van der Waals surface area contributed by atoms with Gasteiger partial charge < -0.3 is 10.2 Å². The zero-order chi connectivity index (χ0) is 13.7. The van der Waals surface area contributed by atoms with Crippen LogP contribution in [-0.2, 0) is 0 Å². The van der Waals surface area contributed by atoms with Crippen molar-refractivity contribution in [2.75, 3.05) is 49.5 Å². The molecule has 0 spiro atoms. The molecule has 0 unspecified atom stereocenters. The highest BCUT2D eigenvalue weighted by Gasteiger charge is 2.17. The van der Waals surface area contributed by atoms with Crippen LogP contribution in [0.25, 0.3) is 0 Å². The summed E-state index contributed by atoms with van der Waals surface area (Å²) in [5, 5.41) is 3.27. The van der Waals surface area contributed by atoms with E-state index < -0.39 is 0 Å². The molecule has 0 atom stereocenters. The zero-order valence-corrected chi connectivity index (χ0v) is 12.4. The standard InChI is InChI=1S/C15H26N4/c1-4-16-15-11-14(5-6-17-15)19-9-7-18(8-10-19)12-13(2)3/h5-6,11,13H,4,7-10,12H2,1-3H3,(H,16,17). The Kier molecular flexibility index (Phi) is 5.02. The van der Waals surface area contributed by atoms with Crippen LogP contribution in [0.1, 0.15) is 20.8 Å². The van der Waals surface area contributed by atoms with E-state index in [1.807, 2.05) is 6.20 Å². The fourth-order valence-corrected chi connectivity index (χ4v) is 2.60. The molecule has 1 aromatic heterocycles. The first-order chi connectivity index (χ1) is 9.19. The fourth-order valence-electron chi connectivity index (χ4n) is 2.60. The average Bonchev–Trinajstić information content (AvgIpc) is 2.40. The van der Waals surface area contributed by atoms with Gasteiger partial charge in [0.2, 0.25) is 0 Å². The minimum Gasteiger partial charge on any atom is -0.370 e. The summed E-state index contributed by atoms with van der Waals surface area (Å²) in [5.41, 5.74) is 1.29. The quantitative estimate of drug-likeness (QED) is 0.882. The summed E-state index contributed by atoms with van der Waals surface area (Å²) in [6.07, 6.45) is 1.90. The molecule has 0 bridgehead atoms. The first kappa shape index (κ1) is 14.1. The monoisotopic (exact) mass is 262 g/mol. The molecule has 2 heterocycles. The number of piperazine rings is 1. The van der Waals surface area contributed by atoms with Crippen LogP contribution in [0.3, 0.4) is 0 Å². The average molecular weight is 262 g/mol. The van der Waals surface area contributed by atoms with Crippen molar-refractivity contribution in [2.24, 2.45) is 5.92 Å². The van der Waals surface area contributed by atoms with Crippen LogP contribution in [0.15, 0.2) is 18.3 Å². The zero-order valence-electron chi connectivity index (χ0n) is 12.4. The molecule has 0 amide bonds. The Morgan fingerprint density at radius 3 is 2.63 bits per heavy atom. The van der Waals surface area contributed by atoms with Gasteiger partial charge in [-0.2, -0.15) is 0 Å². The first-order valence-corrected chi connectivity index (χ1v) is 7.36. The van der Waals surface area contributed by atoms with Crippen LogP contribution in [0.5, 0.6) is 0 Å². The van der Waals surface area contributed by atoms with Crippen LogP contribution in [0.2, 0.25) is 0 Å². The smallest absolute Gasteiger partial charge is 0.127 e. The third-order valence-electron chi connectivity index (χ3n) is 3.46. The Morgan fingerprint density at radius 1 is 1.26 bits per heavy atom. The normalized spacial score (nSPS) is 16.9. The molecule has 1 N–H and O–H groups in total. The molecular formula is C15H26N4. The summed E-state index contributed by atoms with van der Waals surface area (Å²) in [4.78, 5) is 9.35. The molecule has 4 nitrogen and oxygen atoms in total. The van der Waals surface area contributed by atoms with Gasteiger partial charge in [0.1, 0.15) is 5.82 Å². The number of aromatic nitrogens is 1. The molecule has 0 aliphatic carbocycles. The van der Waals surface area contributed by atoms with Gasteiger partial charge in [-0.25, -0.2) is 4.98 Å². The lowest BCUT2D eigenvalue weighted by Crippen LogP contribution is -2.47. The van der Waals surface area contributed by atoms with E-state index in [4.69, 9.17) is 0 Å². The van der Waals surface area contributed by atoms with Gasteiger partial charge in [0.25, 0.3) is 0 Å². The van der Waals surface area contributed by atoms with E-state index in [9.17, 15) is 0 Å². The largest absolute Gasteiger partial charge is 0.370 e. The fraction of sp³-hybridized carbons (Fsp3) is 0.667. The second-order valence-corrected chi connectivity index (χ2v) is 5.61. The topological polar surface area (TPSA) is 31.4 Å². The van der Waals surface area contributed by atoms with Crippen molar-refractivity contribution >= 4 is 11.5 Å². The van der Waals surface area contributed by atoms with Crippen molar-refractivity contribution in [1.29, 1.82) is 0 Å². The SMILES string of the molecule is CCNc1cc(N2CCN(CC(C)C)CC2)ccn1. The number of pyridine rings is 1. The van der Waals surface area contributed by atoms with Crippen molar-refractivity contribution in [1.82, 2.24) is 9.88 Å². The molecule has 0 aromatic carbocycles. The van der Waals surface area contributed by atoms with Crippen molar-refractivity contribution < 1.29 is 0 Å². The summed E-state index contributed by atoms with van der Waals surface area (Å²) < 4.78 is 0. The van der Waals surface area contributed by atoms with Crippen molar-refractivity contribution in [2.45, 2.75) is 20.8 Å². The molecule has 1 saturated heterocycles. The maximum Gasteiger partial charge on any atom is 0.127 e. The van der Waals surface area contributed by atoms with Crippen molar-refractivity contribution in [3.63, 3.8) is 0 Å². The molecule has 4 heteroatoms. The van der Waals surface area contributed by atoms with Crippen LogP contribution in [-0.4, -0.2) is 49.2 Å². The Morgan fingerprint density at radius 2 is 2.00 bits per heavy atom. The van der Waals surface area contributed by atoms with Gasteiger partial charge >= 0.3 is 0 Å². The van der Waals surface area contributed by atoms with Crippen LogP contribution in [0, 0.1) is 5.92 Å². The number of hydrogen-bond donors (Lipinski definition) is 1. The maximum atomic E-state index is 4.33. The highest BCUT2D eigenvalue weighted by atomic mass is 15.3. The lowest BCUT2D eigenvalue weighted by molar-refractivity contribution is 0.231. The molecule has 1 aliphatic rings. The second-order valence-electron chi connectivity index (χ2n) is 5.61. The van der Waals surface area contributed by atoms with Gasteiger partial charge in [-0.3, -0.25) is 4.90 Å². The van der Waals surface area contributed by atoms with Crippen LogP contribution < -0.4 is 10.2 Å². The van der Waals surface area contributed by atoms with Crippen molar-refractivity contribution in [3.8, 4) is 0 Å². The molecule has 1 aliphatic heterocycles. The summed E-state index contributed by atoms with van der Waals surface area (Å²) in [6.45, 7) is 13.4. The summed E-state index contributed by atoms with van der Waals surface area (Å²) in [6, 6.07) is 4.26. The van der Waals surface area contributed by atoms with Gasteiger partial charge in [-0.05, 0) is 18.9 Å². The van der Waals surface area contributed by atoms with E-state index >= 15 is 0 Å². The molecule has 0 radical (unpaired) electrons. The second kappa shape index (κ2) is 6.75. The van der Waals surface area contributed by atoms with E-state index in [2.05, 4.69) is 53.0 Å². The predicted octanol–water partition coefficient (Wildman–Crippen LogP) is 2.29. The third-order valence-corrected chi connectivity index (χ3v) is 3.46. The number of anilines is 2. The lowest BCUT2D eigenvalue weighted by atomic mass is 10.2. The minimum absolute atomic E-state index is 0.757. The molecule has 19 heavy (non-hydrogen) atoms. The number of nitrogens with one attached hydrogen (secondary N) is 1. The molecule has 0 saturated carbocycles. The van der Waals surface area contributed by atoms with Crippen LogP contribution >= 0.6 is 0 Å². The van der Waals surface area contributed by atoms with E-state index in [0.29, 0.717) is 0 Å². The minimum atomic E-state index is 0.757. The van der Waals surface area contributed by atoms with Gasteiger partial charge in [0.05, 0.1) is 0 Å². The summed E-state index contributed by atoms with van der Waals surface area (Å²) in [7, 11) is 0. The number of rotatable bonds is 5. The lowest BCUT2D eigenvalue weighted by Gasteiger charge is -2.36. The first-order valence-electron chi connectivity index (χ1n) is 7.36. The van der Waals surface area contributed by atoms with E-state index in [1.165, 1.54) is 12.2 Å². The summed E-state index contributed by atoms with van der Waals surface area (Å²) in [5.74, 6) is 1.73. The molecule has 1 aromatic rings. The Bertz CT molecular complexity index is 383. The van der Waals surface area contributed by atoms with Crippen LogP contribution in [0.4, 0.5) is 11.5 Å². The molecular weight excluding hydrogens is 236 g/mol. The highest BCUT2D eigenvalue weighted by Crippen LogP contribution is 2.19. The van der Waals surface area contributed by atoms with E-state index in [0.717, 1.165) is 44.5 Å². The Labute approximate surface area is 116 Å². The predicted molar refractivity (Wildman–Crippen MR) is 81.9 cm³/mol. The molecule has 2 rings (SSSR count). The van der Waals surface area contributed by atoms with Gasteiger partial charge in [-0.15, -0.1) is 0 Å². The summed E-state index contributed by atoms with van der Waals surface area (Å²) >= 11 is 0. The van der Waals surface area contributed by atoms with Gasteiger partial charge in [0, 0.05) is 57.2 Å². The highest BCUT2D eigenvalue weighted by molar-refractivity contribution is 5.54. The third kappa shape index (κ3) is 4.10. The van der Waals surface area contributed by atoms with Gasteiger partial charge in [0.15, 0.2) is 0 Å². The number of hydrogen-bond acceptors (Lipinski definition) is 4. The van der Waals surface area contributed by atoms with Crippen molar-refractivity contribution in [3.05, 3.63) is 18.3 Å². The molecule has 1 fully saturated rings. The van der Waals surface area contributed by atoms with E-state index in [1.54, 1.807) is 0 Å². The molecule has 106 valence electrons. The van der Waals surface area contributed by atoms with E-state index in [-0.39, 0.29) is 0 Å². The Hall–Kier alpha value is -1.29. The van der Waals surface area contributed by atoms with Gasteiger partial charge in [-0.1, -0.05) is 13.8 Å².